The van der Waals surface area contributed by atoms with Crippen LogP contribution in [0.5, 0.6) is 0 Å². The molecule has 0 bridgehead atoms. The number of hydrogen-bond donors (Lipinski definition) is 0. The van der Waals surface area contributed by atoms with Crippen LogP contribution in [-0.4, -0.2) is 64.3 Å². The summed E-state index contributed by atoms with van der Waals surface area (Å²) in [6.45, 7) is 3.09. The molecule has 2 fully saturated rings. The zero-order valence-corrected chi connectivity index (χ0v) is 11.0. The molecule has 7 heteroatoms. The summed E-state index contributed by atoms with van der Waals surface area (Å²) < 4.78 is 12.9. The average molecular weight is 266 g/mol. The Morgan fingerprint density at radius 2 is 2.37 bits per heavy atom. The number of hydrogen-bond acceptors (Lipinski definition) is 5. The van der Waals surface area contributed by atoms with Gasteiger partial charge in [-0.15, -0.1) is 5.10 Å². The van der Waals surface area contributed by atoms with Crippen LogP contribution in [0.1, 0.15) is 23.3 Å². The number of carbonyl (C=O) groups is 1. The molecule has 1 atom stereocenters. The summed E-state index contributed by atoms with van der Waals surface area (Å²) >= 11 is 0. The molecule has 1 spiro atoms. The van der Waals surface area contributed by atoms with Crippen LogP contribution in [0.4, 0.5) is 0 Å². The number of carbonyl (C=O) groups excluding carboxylic acids is 1. The molecule has 2 aliphatic rings. The van der Waals surface area contributed by atoms with Gasteiger partial charge in [-0.25, -0.2) is 4.68 Å². The highest BCUT2D eigenvalue weighted by Gasteiger charge is 2.40. The molecule has 1 aromatic heterocycles. The van der Waals surface area contributed by atoms with Gasteiger partial charge in [0.1, 0.15) is 11.3 Å². The van der Waals surface area contributed by atoms with Crippen molar-refractivity contribution >= 4 is 5.91 Å². The third kappa shape index (κ3) is 2.35. The van der Waals surface area contributed by atoms with Gasteiger partial charge in [0.25, 0.3) is 5.91 Å². The van der Waals surface area contributed by atoms with Gasteiger partial charge in [-0.2, -0.15) is 0 Å². The van der Waals surface area contributed by atoms with Gasteiger partial charge in [-0.05, 0) is 12.8 Å². The Kier molecular flexibility index (Phi) is 3.24. The summed E-state index contributed by atoms with van der Waals surface area (Å²) in [6, 6.07) is 0. The van der Waals surface area contributed by atoms with Crippen molar-refractivity contribution < 1.29 is 14.3 Å². The molecule has 104 valence electrons. The van der Waals surface area contributed by atoms with Crippen molar-refractivity contribution in [2.45, 2.75) is 18.4 Å². The number of aryl methyl sites for hydroxylation is 1. The van der Waals surface area contributed by atoms with E-state index in [1.165, 1.54) is 10.9 Å². The van der Waals surface area contributed by atoms with Gasteiger partial charge >= 0.3 is 0 Å². The Hall–Kier alpha value is -1.47. The van der Waals surface area contributed by atoms with Crippen molar-refractivity contribution in [2.24, 2.45) is 7.05 Å². The van der Waals surface area contributed by atoms with E-state index in [1.54, 1.807) is 7.05 Å². The summed E-state index contributed by atoms with van der Waals surface area (Å²) in [7, 11) is 1.72. The Morgan fingerprint density at radius 3 is 3.05 bits per heavy atom. The number of rotatable bonds is 1. The monoisotopic (exact) mass is 266 g/mol. The molecule has 3 rings (SSSR count). The molecule has 1 aromatic rings. The number of ether oxygens (including phenoxy) is 2. The summed E-state index contributed by atoms with van der Waals surface area (Å²) in [5, 5.41) is 7.55. The lowest BCUT2D eigenvalue weighted by Gasteiger charge is -2.44. The van der Waals surface area contributed by atoms with Crippen LogP contribution in [0, 0.1) is 0 Å². The number of nitrogens with zero attached hydrogens (tertiary/aromatic N) is 4. The first kappa shape index (κ1) is 12.6. The van der Waals surface area contributed by atoms with E-state index in [4.69, 9.17) is 9.47 Å². The average Bonchev–Trinajstić information content (AvgIpc) is 2.85. The highest BCUT2D eigenvalue weighted by molar-refractivity contribution is 5.92. The van der Waals surface area contributed by atoms with Crippen molar-refractivity contribution in [2.75, 3.05) is 32.9 Å². The lowest BCUT2D eigenvalue weighted by atomic mass is 9.94. The third-order valence-corrected chi connectivity index (χ3v) is 3.76. The molecule has 2 saturated heterocycles. The molecule has 1 amide bonds. The molecule has 1 unspecified atom stereocenters. The van der Waals surface area contributed by atoms with E-state index in [-0.39, 0.29) is 11.5 Å². The fraction of sp³-hybridized carbons (Fsp3) is 0.750. The predicted octanol–water partition coefficient (Wildman–Crippen LogP) is -0.163. The number of aromatic nitrogens is 3. The van der Waals surface area contributed by atoms with Crippen molar-refractivity contribution in [1.29, 1.82) is 0 Å². The Labute approximate surface area is 111 Å². The molecular formula is C12H18N4O3. The van der Waals surface area contributed by atoms with Gasteiger partial charge in [-0.3, -0.25) is 4.79 Å². The predicted molar refractivity (Wildman–Crippen MR) is 65.6 cm³/mol. The molecule has 0 N–H and O–H groups in total. The maximum absolute atomic E-state index is 12.4. The van der Waals surface area contributed by atoms with Gasteiger partial charge in [-0.1, -0.05) is 5.21 Å². The summed E-state index contributed by atoms with van der Waals surface area (Å²) in [5.41, 5.74) is 0.187. The van der Waals surface area contributed by atoms with Crippen LogP contribution in [0.15, 0.2) is 6.20 Å². The zero-order chi connectivity index (χ0) is 13.3. The van der Waals surface area contributed by atoms with E-state index in [0.29, 0.717) is 32.0 Å². The molecule has 0 radical (unpaired) electrons. The first-order chi connectivity index (χ1) is 9.20. The van der Waals surface area contributed by atoms with Crippen LogP contribution in [0.3, 0.4) is 0 Å². The van der Waals surface area contributed by atoms with Crippen molar-refractivity contribution in [3.05, 3.63) is 11.9 Å². The highest BCUT2D eigenvalue weighted by Crippen LogP contribution is 2.28. The molecule has 0 aliphatic carbocycles. The summed E-state index contributed by atoms with van der Waals surface area (Å²) in [4.78, 5) is 14.3. The van der Waals surface area contributed by atoms with Crippen molar-refractivity contribution in [1.82, 2.24) is 19.9 Å². The van der Waals surface area contributed by atoms with Crippen molar-refractivity contribution in [3.63, 3.8) is 0 Å². The maximum atomic E-state index is 12.4. The zero-order valence-electron chi connectivity index (χ0n) is 11.0. The van der Waals surface area contributed by atoms with Gasteiger partial charge in [0.15, 0.2) is 0 Å². The summed E-state index contributed by atoms with van der Waals surface area (Å²) in [5.74, 6) is -0.0410. The quantitative estimate of drug-likeness (QED) is 0.706. The Bertz CT molecular complexity index is 462. The molecule has 19 heavy (non-hydrogen) atoms. The SMILES string of the molecule is Cn1nncc1C(=O)N1CCOC2(CCCOC2)C1. The fourth-order valence-electron chi connectivity index (χ4n) is 2.73. The van der Waals surface area contributed by atoms with E-state index in [2.05, 4.69) is 10.3 Å². The minimum absolute atomic E-state index is 0.0410. The largest absolute Gasteiger partial charge is 0.378 e. The van der Waals surface area contributed by atoms with Gasteiger partial charge in [0.2, 0.25) is 0 Å². The van der Waals surface area contributed by atoms with E-state index in [0.717, 1.165) is 19.4 Å². The summed E-state index contributed by atoms with van der Waals surface area (Å²) in [6.07, 6.45) is 3.43. The first-order valence-corrected chi connectivity index (χ1v) is 6.56. The second-order valence-corrected chi connectivity index (χ2v) is 5.16. The third-order valence-electron chi connectivity index (χ3n) is 3.76. The van der Waals surface area contributed by atoms with Crippen LogP contribution in [0.2, 0.25) is 0 Å². The van der Waals surface area contributed by atoms with Gasteiger partial charge in [0, 0.05) is 20.2 Å². The normalized spacial score (nSPS) is 27.7. The molecule has 7 nitrogen and oxygen atoms in total. The smallest absolute Gasteiger partial charge is 0.273 e. The minimum atomic E-state index is -0.321. The maximum Gasteiger partial charge on any atom is 0.273 e. The molecule has 2 aliphatic heterocycles. The molecule has 0 aromatic carbocycles. The topological polar surface area (TPSA) is 69.5 Å². The molecular weight excluding hydrogens is 248 g/mol. The lowest BCUT2D eigenvalue weighted by molar-refractivity contribution is -0.160. The molecule has 3 heterocycles. The van der Waals surface area contributed by atoms with Crippen LogP contribution < -0.4 is 0 Å². The van der Waals surface area contributed by atoms with E-state index >= 15 is 0 Å². The van der Waals surface area contributed by atoms with Crippen LogP contribution in [0.25, 0.3) is 0 Å². The standard InChI is InChI=1S/C12H18N4O3/c1-15-10(7-13-14-15)11(17)16-4-6-19-12(8-16)3-2-5-18-9-12/h7H,2-6,8-9H2,1H3. The van der Waals surface area contributed by atoms with Gasteiger partial charge in [0.05, 0.1) is 26.0 Å². The van der Waals surface area contributed by atoms with Crippen molar-refractivity contribution in [3.8, 4) is 0 Å². The van der Waals surface area contributed by atoms with Crippen LogP contribution in [-0.2, 0) is 16.5 Å². The number of morpholine rings is 1. The second-order valence-electron chi connectivity index (χ2n) is 5.16. The van der Waals surface area contributed by atoms with E-state index < -0.39 is 0 Å². The second kappa shape index (κ2) is 4.90. The Balaban J connectivity index is 1.74. The fourth-order valence-corrected chi connectivity index (χ4v) is 2.73. The van der Waals surface area contributed by atoms with E-state index in [1.807, 2.05) is 4.90 Å². The highest BCUT2D eigenvalue weighted by atomic mass is 16.5. The minimum Gasteiger partial charge on any atom is -0.378 e. The Morgan fingerprint density at radius 1 is 1.47 bits per heavy atom. The molecule has 0 saturated carbocycles. The van der Waals surface area contributed by atoms with E-state index in [9.17, 15) is 4.79 Å². The first-order valence-electron chi connectivity index (χ1n) is 6.56. The number of amides is 1. The lowest BCUT2D eigenvalue weighted by Crippen LogP contribution is -2.57. The van der Waals surface area contributed by atoms with Gasteiger partial charge < -0.3 is 14.4 Å². The van der Waals surface area contributed by atoms with Crippen LogP contribution >= 0.6 is 0 Å².